The molecule has 13 nitrogen and oxygen atoms in total. The van der Waals surface area contributed by atoms with E-state index in [2.05, 4.69) is 42.6 Å². The molecule has 2 heterocycles. The van der Waals surface area contributed by atoms with Gasteiger partial charge in [-0.1, -0.05) is 13.0 Å². The van der Waals surface area contributed by atoms with E-state index >= 15 is 0 Å². The lowest BCUT2D eigenvalue weighted by Crippen LogP contribution is -2.31. The molecule has 0 unspecified atom stereocenters. The predicted molar refractivity (Wildman–Crippen MR) is 192 cm³/mol. The monoisotopic (exact) mass is 731 g/mol. The number of amides is 1. The lowest BCUT2D eigenvalue weighted by atomic mass is 10.2. The Balaban J connectivity index is 1.27. The molecular formula is C35H48F2N7O6P. The minimum atomic E-state index is -3.78. The van der Waals surface area contributed by atoms with Crippen molar-refractivity contribution in [2.75, 3.05) is 43.5 Å². The molecule has 0 aliphatic rings. The van der Waals surface area contributed by atoms with Crippen molar-refractivity contribution in [2.24, 2.45) is 0 Å². The van der Waals surface area contributed by atoms with E-state index in [0.29, 0.717) is 41.7 Å². The number of carbonyl (C=O) groups is 1. The number of nitrogens with one attached hydrogen (secondary N) is 3. The molecule has 0 aliphatic carbocycles. The number of aromatic nitrogens is 4. The second-order valence-corrected chi connectivity index (χ2v) is 15.4. The van der Waals surface area contributed by atoms with Crippen molar-refractivity contribution >= 4 is 42.0 Å². The summed E-state index contributed by atoms with van der Waals surface area (Å²) in [6.45, 7) is 15.8. The zero-order valence-electron chi connectivity index (χ0n) is 30.2. The molecule has 2 aromatic heterocycles. The third-order valence-electron chi connectivity index (χ3n) is 6.92. The molecule has 0 bridgehead atoms. The van der Waals surface area contributed by atoms with Crippen LogP contribution in [0.3, 0.4) is 0 Å². The number of phosphoric ester groups is 1. The fraction of sp³-hybridized carbons (Fsp3) is 0.486. The molecule has 4 aromatic rings. The quantitative estimate of drug-likeness (QED) is 0.0679. The number of rotatable bonds is 18. The van der Waals surface area contributed by atoms with E-state index in [1.807, 2.05) is 59.7 Å². The van der Waals surface area contributed by atoms with Gasteiger partial charge in [0, 0.05) is 36.3 Å². The van der Waals surface area contributed by atoms with Gasteiger partial charge < -0.3 is 20.3 Å². The lowest BCUT2D eigenvalue weighted by molar-refractivity contribution is -0.115. The first-order chi connectivity index (χ1) is 24.0. The molecule has 3 N–H and O–H groups in total. The second kappa shape index (κ2) is 17.5. The summed E-state index contributed by atoms with van der Waals surface area (Å²) in [5, 5.41) is 13.2. The van der Waals surface area contributed by atoms with Crippen molar-refractivity contribution in [3.63, 3.8) is 0 Å². The van der Waals surface area contributed by atoms with Crippen LogP contribution in [0.15, 0.2) is 48.8 Å². The van der Waals surface area contributed by atoms with Crippen LogP contribution in [0.4, 0.5) is 26.1 Å². The van der Waals surface area contributed by atoms with Gasteiger partial charge in [-0.05, 0) is 85.2 Å². The number of ether oxygens (including phenoxy) is 1. The Labute approximate surface area is 297 Å². The topological polar surface area (TPSA) is 153 Å². The van der Waals surface area contributed by atoms with E-state index in [-0.39, 0.29) is 18.7 Å². The van der Waals surface area contributed by atoms with Crippen LogP contribution in [0.1, 0.15) is 67.0 Å². The van der Waals surface area contributed by atoms with E-state index in [1.54, 1.807) is 6.07 Å². The largest absolute Gasteiger partial charge is 0.493 e. The average Bonchev–Trinajstić information content (AvgIpc) is 3.45. The van der Waals surface area contributed by atoms with E-state index in [9.17, 15) is 18.1 Å². The SMILES string of the molecule is CCCN(CCCOc1ccc2c(Nc3cc(CC(=O)Nc4cccc(F)c4F)[nH]n3)ncnc2c1)CCOP(=O)(OC(C)(C)C)OC(C)(C)C. The standard InChI is InChI=1S/C35H48F2N7O6P/c1-8-15-44(17-19-48-51(46,49-34(2,3)4)50-35(5,6)7)16-10-18-47-25-13-14-26-29(22-25)38-23-39-33(26)41-30-20-24(42-43-30)21-31(45)40-28-12-9-11-27(36)32(28)37/h9,11-14,20,22-23H,8,10,15-19,21H2,1-7H3,(H,40,45)(H2,38,39,41,42,43). The van der Waals surface area contributed by atoms with Crippen molar-refractivity contribution in [1.82, 2.24) is 25.1 Å². The molecule has 0 saturated carbocycles. The Morgan fingerprint density at radius 2 is 1.71 bits per heavy atom. The minimum Gasteiger partial charge on any atom is -0.493 e. The van der Waals surface area contributed by atoms with Crippen LogP contribution in [-0.2, 0) is 29.4 Å². The summed E-state index contributed by atoms with van der Waals surface area (Å²) in [6, 6.07) is 10.7. The minimum absolute atomic E-state index is 0.138. The third-order valence-corrected chi connectivity index (χ3v) is 8.96. The summed E-state index contributed by atoms with van der Waals surface area (Å²) in [5.41, 5.74) is -0.526. The number of carbonyl (C=O) groups excluding carboxylic acids is 1. The molecule has 16 heteroatoms. The number of fused-ring (bicyclic) bond motifs is 1. The van der Waals surface area contributed by atoms with Crippen LogP contribution < -0.4 is 15.4 Å². The molecule has 1 amide bonds. The summed E-state index contributed by atoms with van der Waals surface area (Å²) in [6.07, 6.45) is 2.98. The molecule has 0 fully saturated rings. The van der Waals surface area contributed by atoms with Gasteiger partial charge in [-0.3, -0.25) is 23.5 Å². The number of hydrogen-bond acceptors (Lipinski definition) is 11. The van der Waals surface area contributed by atoms with Gasteiger partial charge in [0.2, 0.25) is 5.91 Å². The number of benzene rings is 2. The highest BCUT2D eigenvalue weighted by atomic mass is 31.2. The van der Waals surface area contributed by atoms with Gasteiger partial charge in [0.25, 0.3) is 0 Å². The highest BCUT2D eigenvalue weighted by Crippen LogP contribution is 2.55. The van der Waals surface area contributed by atoms with Crippen LogP contribution in [-0.4, -0.2) is 75.0 Å². The van der Waals surface area contributed by atoms with Crippen molar-refractivity contribution < 1.29 is 36.4 Å². The smallest absolute Gasteiger partial charge is 0.475 e. The Morgan fingerprint density at radius 3 is 2.41 bits per heavy atom. The van der Waals surface area contributed by atoms with Gasteiger partial charge in [0.15, 0.2) is 17.5 Å². The maximum absolute atomic E-state index is 13.9. The van der Waals surface area contributed by atoms with Crippen LogP contribution in [0, 0.1) is 11.6 Å². The lowest BCUT2D eigenvalue weighted by Gasteiger charge is -2.31. The first-order valence-corrected chi connectivity index (χ1v) is 18.3. The third kappa shape index (κ3) is 12.9. The fourth-order valence-electron chi connectivity index (χ4n) is 4.99. The maximum atomic E-state index is 13.9. The van der Waals surface area contributed by atoms with Crippen LogP contribution in [0.5, 0.6) is 5.75 Å². The fourth-order valence-corrected chi connectivity index (χ4v) is 6.77. The Bertz CT molecular complexity index is 1790. The maximum Gasteiger partial charge on any atom is 0.475 e. The molecule has 51 heavy (non-hydrogen) atoms. The van der Waals surface area contributed by atoms with Gasteiger partial charge >= 0.3 is 7.82 Å². The van der Waals surface area contributed by atoms with E-state index in [1.165, 1.54) is 18.5 Å². The first kappa shape index (κ1) is 39.8. The van der Waals surface area contributed by atoms with Gasteiger partial charge in [0.1, 0.15) is 17.9 Å². The molecular weight excluding hydrogens is 683 g/mol. The molecule has 2 aromatic carbocycles. The number of hydrogen-bond donors (Lipinski definition) is 3. The van der Waals surface area contributed by atoms with E-state index in [0.717, 1.165) is 37.4 Å². The molecule has 0 aliphatic heterocycles. The number of halogens is 2. The summed E-state index contributed by atoms with van der Waals surface area (Å²) < 4.78 is 64.0. The van der Waals surface area contributed by atoms with Gasteiger partial charge in [-0.2, -0.15) is 5.10 Å². The van der Waals surface area contributed by atoms with Crippen LogP contribution in [0.25, 0.3) is 10.9 Å². The highest BCUT2D eigenvalue weighted by molar-refractivity contribution is 7.48. The predicted octanol–water partition coefficient (Wildman–Crippen LogP) is 7.79. The van der Waals surface area contributed by atoms with Crippen molar-refractivity contribution in [3.8, 4) is 5.75 Å². The van der Waals surface area contributed by atoms with Crippen LogP contribution >= 0.6 is 7.82 Å². The molecule has 0 saturated heterocycles. The Kier molecular flexibility index (Phi) is 13.6. The van der Waals surface area contributed by atoms with Gasteiger partial charge in [-0.25, -0.2) is 23.3 Å². The molecule has 278 valence electrons. The molecule has 4 rings (SSSR count). The van der Waals surface area contributed by atoms with Crippen molar-refractivity contribution in [2.45, 2.75) is 78.9 Å². The zero-order valence-corrected chi connectivity index (χ0v) is 31.1. The zero-order chi connectivity index (χ0) is 37.2. The highest BCUT2D eigenvalue weighted by Gasteiger charge is 2.37. The number of phosphoric acid groups is 1. The second-order valence-electron chi connectivity index (χ2n) is 13.9. The van der Waals surface area contributed by atoms with E-state index < -0.39 is 36.6 Å². The number of nitrogens with zero attached hydrogens (tertiary/aromatic N) is 4. The van der Waals surface area contributed by atoms with Crippen molar-refractivity contribution in [1.29, 1.82) is 0 Å². The molecule has 0 radical (unpaired) electrons. The van der Waals surface area contributed by atoms with Gasteiger partial charge in [0.05, 0.1) is 42.0 Å². The first-order valence-electron chi connectivity index (χ1n) is 16.8. The van der Waals surface area contributed by atoms with Crippen LogP contribution in [0.2, 0.25) is 0 Å². The summed E-state index contributed by atoms with van der Waals surface area (Å²) >= 11 is 0. The normalized spacial score (nSPS) is 12.4. The number of anilines is 3. The summed E-state index contributed by atoms with van der Waals surface area (Å²) in [7, 11) is -3.78. The summed E-state index contributed by atoms with van der Waals surface area (Å²) in [4.78, 5) is 23.4. The number of H-pyrrole nitrogens is 1. The Hall–Kier alpha value is -4.01. The van der Waals surface area contributed by atoms with Gasteiger partial charge in [-0.15, -0.1) is 0 Å². The van der Waals surface area contributed by atoms with E-state index in [4.69, 9.17) is 18.3 Å². The molecule has 0 atom stereocenters. The average molecular weight is 732 g/mol. The summed E-state index contributed by atoms with van der Waals surface area (Å²) in [5.74, 6) is -1.15. The molecule has 0 spiro atoms. The van der Waals surface area contributed by atoms with Crippen molar-refractivity contribution in [3.05, 3.63) is 66.1 Å². The number of aromatic amines is 1. The Morgan fingerprint density at radius 1 is 0.961 bits per heavy atom.